The molecule has 0 fully saturated rings. The van der Waals surface area contributed by atoms with Gasteiger partial charge < -0.3 is 10.4 Å². The maximum Gasteiger partial charge on any atom is 0.422 e. The first-order valence-electron chi connectivity index (χ1n) is 5.49. The molecule has 0 radical (unpaired) electrons. The number of thiophene rings is 1. The molecule has 1 rings (SSSR count). The highest BCUT2D eigenvalue weighted by Crippen LogP contribution is 2.30. The molecule has 0 aliphatic carbocycles. The molecule has 0 aliphatic rings. The molecule has 1 aromatic rings. The van der Waals surface area contributed by atoms with Crippen molar-refractivity contribution in [3.63, 3.8) is 0 Å². The van der Waals surface area contributed by atoms with Crippen molar-refractivity contribution in [2.24, 2.45) is 0 Å². The van der Waals surface area contributed by atoms with Crippen LogP contribution in [0.2, 0.25) is 4.34 Å². The monoisotopic (exact) mass is 361 g/mol. The zero-order valence-electron chi connectivity index (χ0n) is 10.7. The molecule has 0 saturated carbocycles. The minimum atomic E-state index is -5.08. The van der Waals surface area contributed by atoms with Crippen LogP contribution < -0.4 is 5.32 Å². The second kappa shape index (κ2) is 6.89. The van der Waals surface area contributed by atoms with Gasteiger partial charge in [-0.2, -0.15) is 13.2 Å². The van der Waals surface area contributed by atoms with Crippen molar-refractivity contribution in [2.75, 3.05) is 5.75 Å². The lowest BCUT2D eigenvalue weighted by Crippen LogP contribution is -2.62. The summed E-state index contributed by atoms with van der Waals surface area (Å²) >= 11 is 8.08. The van der Waals surface area contributed by atoms with Gasteiger partial charge in [-0.15, -0.1) is 23.1 Å². The van der Waals surface area contributed by atoms with Crippen LogP contribution in [0.25, 0.3) is 0 Å². The predicted molar refractivity (Wildman–Crippen MR) is 75.7 cm³/mol. The van der Waals surface area contributed by atoms with E-state index in [-0.39, 0.29) is 5.75 Å². The molecule has 0 aliphatic heterocycles. The van der Waals surface area contributed by atoms with Gasteiger partial charge >= 0.3 is 12.1 Å². The van der Waals surface area contributed by atoms with Crippen LogP contribution in [0.1, 0.15) is 11.8 Å². The van der Waals surface area contributed by atoms with Crippen molar-refractivity contribution < 1.29 is 27.9 Å². The minimum Gasteiger partial charge on any atom is -0.479 e. The normalized spacial score (nSPS) is 14.5. The predicted octanol–water partition coefficient (Wildman–Crippen LogP) is 3.16. The van der Waals surface area contributed by atoms with Crippen LogP contribution in [0, 0.1) is 0 Å². The standard InChI is InChI=1S/C11H11ClF3NO3S2/c1-10(9(18)19,11(13,14)15)16-8(17)5-20-4-6-2-3-7(12)21-6/h2-3H,4-5H2,1H3,(H,16,17)(H,18,19). The maximum atomic E-state index is 12.7. The molecule has 10 heteroatoms. The van der Waals surface area contributed by atoms with Gasteiger partial charge in [0.1, 0.15) is 0 Å². The average molecular weight is 362 g/mol. The van der Waals surface area contributed by atoms with E-state index in [1.165, 1.54) is 16.7 Å². The molecule has 2 N–H and O–H groups in total. The number of amides is 1. The highest BCUT2D eigenvalue weighted by molar-refractivity contribution is 7.99. The van der Waals surface area contributed by atoms with E-state index < -0.39 is 23.6 Å². The third kappa shape index (κ3) is 4.79. The minimum absolute atomic E-state index is 0.283. The SMILES string of the molecule is CC(NC(=O)CSCc1ccc(Cl)s1)(C(=O)O)C(F)(F)F. The summed E-state index contributed by atoms with van der Waals surface area (Å²) in [5, 5.41) is 10.2. The summed E-state index contributed by atoms with van der Waals surface area (Å²) in [6.45, 7) is 0.414. The van der Waals surface area contributed by atoms with E-state index in [9.17, 15) is 22.8 Å². The van der Waals surface area contributed by atoms with E-state index in [0.29, 0.717) is 17.0 Å². The van der Waals surface area contributed by atoms with Crippen molar-refractivity contribution in [3.05, 3.63) is 21.3 Å². The number of thioether (sulfide) groups is 1. The van der Waals surface area contributed by atoms with Crippen LogP contribution in [0.3, 0.4) is 0 Å². The van der Waals surface area contributed by atoms with Gasteiger partial charge in [-0.25, -0.2) is 4.79 Å². The Balaban J connectivity index is 2.54. The third-order valence-corrected chi connectivity index (χ3v) is 4.89. The lowest BCUT2D eigenvalue weighted by molar-refractivity contribution is -0.206. The smallest absolute Gasteiger partial charge is 0.422 e. The van der Waals surface area contributed by atoms with Crippen LogP contribution in [-0.2, 0) is 15.3 Å². The first-order valence-corrected chi connectivity index (χ1v) is 7.84. The maximum absolute atomic E-state index is 12.7. The fourth-order valence-corrected chi connectivity index (χ4v) is 3.26. The Morgan fingerprint density at radius 3 is 2.48 bits per heavy atom. The Bertz CT molecular complexity index is 535. The van der Waals surface area contributed by atoms with Crippen molar-refractivity contribution in [1.29, 1.82) is 0 Å². The van der Waals surface area contributed by atoms with Crippen LogP contribution in [0.4, 0.5) is 13.2 Å². The number of rotatable bonds is 6. The number of carbonyl (C=O) groups excluding carboxylic acids is 1. The third-order valence-electron chi connectivity index (χ3n) is 2.49. The van der Waals surface area contributed by atoms with Crippen molar-refractivity contribution in [1.82, 2.24) is 5.32 Å². The Kier molecular flexibility index (Phi) is 5.94. The van der Waals surface area contributed by atoms with Crippen LogP contribution in [-0.4, -0.2) is 34.5 Å². The quantitative estimate of drug-likeness (QED) is 0.816. The molecule has 0 spiro atoms. The van der Waals surface area contributed by atoms with Crippen LogP contribution in [0.15, 0.2) is 12.1 Å². The van der Waals surface area contributed by atoms with E-state index in [2.05, 4.69) is 0 Å². The molecule has 21 heavy (non-hydrogen) atoms. The van der Waals surface area contributed by atoms with E-state index in [1.807, 2.05) is 0 Å². The van der Waals surface area contributed by atoms with Gasteiger partial charge in [-0.3, -0.25) is 4.79 Å². The Hall–Kier alpha value is -0.930. The summed E-state index contributed by atoms with van der Waals surface area (Å²) < 4.78 is 38.6. The van der Waals surface area contributed by atoms with Gasteiger partial charge in [0.15, 0.2) is 0 Å². The molecule has 0 saturated heterocycles. The average Bonchev–Trinajstić information content (AvgIpc) is 2.73. The van der Waals surface area contributed by atoms with Crippen molar-refractivity contribution >= 4 is 46.6 Å². The molecule has 1 heterocycles. The van der Waals surface area contributed by atoms with E-state index >= 15 is 0 Å². The van der Waals surface area contributed by atoms with Gasteiger partial charge in [0.2, 0.25) is 11.4 Å². The molecule has 0 aromatic carbocycles. The number of halogens is 4. The van der Waals surface area contributed by atoms with E-state index in [1.54, 1.807) is 12.1 Å². The fourth-order valence-electron chi connectivity index (χ4n) is 1.23. The summed E-state index contributed by atoms with van der Waals surface area (Å²) in [6.07, 6.45) is -5.08. The second-order valence-corrected chi connectivity index (χ2v) is 6.96. The van der Waals surface area contributed by atoms with Gasteiger partial charge in [0.25, 0.3) is 0 Å². The fraction of sp³-hybridized carbons (Fsp3) is 0.455. The molecular weight excluding hydrogens is 351 g/mol. The van der Waals surface area contributed by atoms with Crippen molar-refractivity contribution in [2.45, 2.75) is 24.4 Å². The Morgan fingerprint density at radius 1 is 1.43 bits per heavy atom. The molecule has 1 unspecified atom stereocenters. The first-order chi connectivity index (χ1) is 9.56. The van der Waals surface area contributed by atoms with Gasteiger partial charge in [0.05, 0.1) is 10.1 Å². The van der Waals surface area contributed by atoms with Gasteiger partial charge in [-0.05, 0) is 19.1 Å². The van der Waals surface area contributed by atoms with E-state index in [4.69, 9.17) is 16.7 Å². The summed E-state index contributed by atoms with van der Waals surface area (Å²) in [4.78, 5) is 23.1. The van der Waals surface area contributed by atoms with Crippen LogP contribution in [0.5, 0.6) is 0 Å². The highest BCUT2D eigenvalue weighted by atomic mass is 35.5. The number of hydrogen-bond acceptors (Lipinski definition) is 4. The number of carboxylic acids is 1. The van der Waals surface area contributed by atoms with Gasteiger partial charge in [-0.1, -0.05) is 11.6 Å². The highest BCUT2D eigenvalue weighted by Gasteiger charge is 2.58. The molecule has 4 nitrogen and oxygen atoms in total. The molecule has 1 amide bonds. The number of alkyl halides is 3. The number of hydrogen-bond donors (Lipinski definition) is 2. The zero-order valence-corrected chi connectivity index (χ0v) is 13.0. The molecule has 118 valence electrons. The lowest BCUT2D eigenvalue weighted by Gasteiger charge is -2.28. The van der Waals surface area contributed by atoms with E-state index in [0.717, 1.165) is 16.6 Å². The summed E-state index contributed by atoms with van der Waals surface area (Å²) in [5.41, 5.74) is -3.29. The number of nitrogens with one attached hydrogen (secondary N) is 1. The molecule has 1 atom stereocenters. The first kappa shape index (κ1) is 18.1. The lowest BCUT2D eigenvalue weighted by atomic mass is 10.0. The number of aliphatic carboxylic acids is 1. The second-order valence-electron chi connectivity index (χ2n) is 4.17. The summed E-state index contributed by atoms with van der Waals surface area (Å²) in [7, 11) is 0. The number of carboxylic acid groups (broad SMARTS) is 1. The molecule has 1 aromatic heterocycles. The largest absolute Gasteiger partial charge is 0.479 e. The summed E-state index contributed by atoms with van der Waals surface area (Å²) in [6, 6.07) is 3.42. The Labute approximate surface area is 131 Å². The molecular formula is C11H11ClF3NO3S2. The zero-order chi connectivity index (χ0) is 16.3. The van der Waals surface area contributed by atoms with Crippen LogP contribution >= 0.6 is 34.7 Å². The number of carbonyl (C=O) groups is 2. The molecule has 0 bridgehead atoms. The van der Waals surface area contributed by atoms with Crippen molar-refractivity contribution in [3.8, 4) is 0 Å². The van der Waals surface area contributed by atoms with Gasteiger partial charge in [0, 0.05) is 10.6 Å². The Morgan fingerprint density at radius 2 is 2.05 bits per heavy atom. The summed E-state index contributed by atoms with van der Waals surface area (Å²) in [5.74, 6) is -3.03. The topological polar surface area (TPSA) is 66.4 Å².